The molecule has 102 valence electrons. The Morgan fingerprint density at radius 1 is 0.950 bits per heavy atom. The molecule has 0 bridgehead atoms. The van der Waals surface area contributed by atoms with Gasteiger partial charge in [0, 0.05) is 6.42 Å². The van der Waals surface area contributed by atoms with Gasteiger partial charge in [-0.1, -0.05) is 24.3 Å². The summed E-state index contributed by atoms with van der Waals surface area (Å²) in [5, 5.41) is 18.0. The van der Waals surface area contributed by atoms with E-state index in [9.17, 15) is 14.0 Å². The van der Waals surface area contributed by atoms with Gasteiger partial charge in [0.25, 0.3) is 0 Å². The summed E-state index contributed by atoms with van der Waals surface area (Å²) < 4.78 is 13.6. The van der Waals surface area contributed by atoms with E-state index >= 15 is 0 Å². The van der Waals surface area contributed by atoms with Gasteiger partial charge in [-0.25, -0.2) is 14.0 Å². The van der Waals surface area contributed by atoms with Crippen molar-refractivity contribution in [1.82, 2.24) is 0 Å². The van der Waals surface area contributed by atoms with Crippen LogP contribution in [0.5, 0.6) is 0 Å². The van der Waals surface area contributed by atoms with E-state index in [0.717, 1.165) is 6.07 Å². The van der Waals surface area contributed by atoms with Gasteiger partial charge in [0.05, 0.1) is 11.1 Å². The average molecular weight is 274 g/mol. The number of hydrogen-bond acceptors (Lipinski definition) is 2. The summed E-state index contributed by atoms with van der Waals surface area (Å²) >= 11 is 0. The van der Waals surface area contributed by atoms with Crippen LogP contribution in [-0.2, 0) is 6.42 Å². The minimum atomic E-state index is -1.24. The molecule has 0 unspecified atom stereocenters. The first-order chi connectivity index (χ1) is 9.49. The van der Waals surface area contributed by atoms with Crippen LogP contribution in [0, 0.1) is 5.82 Å². The molecule has 5 heteroatoms. The lowest BCUT2D eigenvalue weighted by Gasteiger charge is -2.08. The van der Waals surface area contributed by atoms with Crippen molar-refractivity contribution in [3.63, 3.8) is 0 Å². The maximum atomic E-state index is 13.6. The molecule has 0 heterocycles. The SMILES string of the molecule is O=C(O)c1ccc(Cc2ccccc2F)c(C(=O)O)c1. The minimum absolute atomic E-state index is 0.0915. The molecule has 0 aliphatic rings. The predicted octanol–water partition coefficient (Wildman–Crippen LogP) is 2.81. The molecule has 2 aromatic rings. The van der Waals surface area contributed by atoms with Crippen molar-refractivity contribution in [2.45, 2.75) is 6.42 Å². The van der Waals surface area contributed by atoms with Crippen LogP contribution in [0.2, 0.25) is 0 Å². The van der Waals surface area contributed by atoms with Gasteiger partial charge < -0.3 is 10.2 Å². The first kappa shape index (κ1) is 13.7. The van der Waals surface area contributed by atoms with Crippen LogP contribution in [0.1, 0.15) is 31.8 Å². The Labute approximate surface area is 114 Å². The first-order valence-corrected chi connectivity index (χ1v) is 5.82. The predicted molar refractivity (Wildman–Crippen MR) is 69.6 cm³/mol. The van der Waals surface area contributed by atoms with E-state index in [1.807, 2.05) is 0 Å². The van der Waals surface area contributed by atoms with Gasteiger partial charge in [0.1, 0.15) is 5.82 Å². The highest BCUT2D eigenvalue weighted by Crippen LogP contribution is 2.18. The minimum Gasteiger partial charge on any atom is -0.478 e. The molecule has 2 aromatic carbocycles. The Kier molecular flexibility index (Phi) is 3.79. The Morgan fingerprint density at radius 3 is 2.25 bits per heavy atom. The molecule has 0 saturated heterocycles. The molecule has 0 atom stereocenters. The molecule has 0 radical (unpaired) electrons. The second-order valence-corrected chi connectivity index (χ2v) is 4.25. The zero-order chi connectivity index (χ0) is 14.7. The second kappa shape index (κ2) is 5.52. The van der Waals surface area contributed by atoms with Crippen molar-refractivity contribution in [2.24, 2.45) is 0 Å². The van der Waals surface area contributed by atoms with Crippen LogP contribution in [0.25, 0.3) is 0 Å². The fraction of sp³-hybridized carbons (Fsp3) is 0.0667. The third kappa shape index (κ3) is 2.83. The van der Waals surface area contributed by atoms with Crippen molar-refractivity contribution >= 4 is 11.9 Å². The summed E-state index contributed by atoms with van der Waals surface area (Å²) in [5.74, 6) is -2.87. The fourth-order valence-electron chi connectivity index (χ4n) is 1.91. The standard InChI is InChI=1S/C15H11FO4/c16-13-4-2-1-3-10(13)7-9-5-6-11(14(17)18)8-12(9)15(19)20/h1-6,8H,7H2,(H,17,18)(H,19,20). The number of carboxylic acid groups (broad SMARTS) is 2. The molecule has 0 fully saturated rings. The lowest BCUT2D eigenvalue weighted by atomic mass is 9.97. The van der Waals surface area contributed by atoms with Crippen LogP contribution in [0.15, 0.2) is 42.5 Å². The molecule has 2 N–H and O–H groups in total. The normalized spacial score (nSPS) is 10.2. The monoisotopic (exact) mass is 274 g/mol. The summed E-state index contributed by atoms with van der Waals surface area (Å²) in [6, 6.07) is 9.85. The molecule has 0 aromatic heterocycles. The van der Waals surface area contributed by atoms with Gasteiger partial charge >= 0.3 is 11.9 Å². The van der Waals surface area contributed by atoms with Crippen LogP contribution in [0.3, 0.4) is 0 Å². The van der Waals surface area contributed by atoms with E-state index in [2.05, 4.69) is 0 Å². The highest BCUT2D eigenvalue weighted by Gasteiger charge is 2.15. The quantitative estimate of drug-likeness (QED) is 0.899. The molecular weight excluding hydrogens is 263 g/mol. The van der Waals surface area contributed by atoms with Crippen LogP contribution < -0.4 is 0 Å². The van der Waals surface area contributed by atoms with Gasteiger partial charge in [-0.2, -0.15) is 0 Å². The molecule has 0 amide bonds. The number of hydrogen-bond donors (Lipinski definition) is 2. The molecule has 0 aliphatic heterocycles. The number of carboxylic acids is 2. The van der Waals surface area contributed by atoms with Gasteiger partial charge in [-0.05, 0) is 29.3 Å². The zero-order valence-electron chi connectivity index (χ0n) is 10.3. The molecule has 0 saturated carbocycles. The Bertz CT molecular complexity index is 679. The smallest absolute Gasteiger partial charge is 0.336 e. The molecular formula is C15H11FO4. The van der Waals surface area contributed by atoms with Gasteiger partial charge in [0.2, 0.25) is 0 Å². The first-order valence-electron chi connectivity index (χ1n) is 5.82. The summed E-state index contributed by atoms with van der Waals surface area (Å²) in [7, 11) is 0. The highest BCUT2D eigenvalue weighted by atomic mass is 19.1. The number of aromatic carboxylic acids is 2. The molecule has 0 spiro atoms. The third-order valence-corrected chi connectivity index (χ3v) is 2.93. The van der Waals surface area contributed by atoms with E-state index in [-0.39, 0.29) is 17.5 Å². The van der Waals surface area contributed by atoms with E-state index in [1.54, 1.807) is 18.2 Å². The summed E-state index contributed by atoms with van der Waals surface area (Å²) in [4.78, 5) is 22.0. The maximum Gasteiger partial charge on any atom is 0.336 e. The molecule has 4 nitrogen and oxygen atoms in total. The van der Waals surface area contributed by atoms with Crippen molar-refractivity contribution < 1.29 is 24.2 Å². The lowest BCUT2D eigenvalue weighted by molar-refractivity contribution is 0.0695. The van der Waals surface area contributed by atoms with E-state index < -0.39 is 17.8 Å². The van der Waals surface area contributed by atoms with E-state index in [0.29, 0.717) is 11.1 Å². The third-order valence-electron chi connectivity index (χ3n) is 2.93. The topological polar surface area (TPSA) is 74.6 Å². The second-order valence-electron chi connectivity index (χ2n) is 4.25. The Hall–Kier alpha value is -2.69. The highest BCUT2D eigenvalue weighted by molar-refractivity contribution is 5.94. The number of rotatable bonds is 4. The molecule has 2 rings (SSSR count). The van der Waals surface area contributed by atoms with Crippen LogP contribution >= 0.6 is 0 Å². The Balaban J connectivity index is 2.44. The van der Waals surface area contributed by atoms with Crippen LogP contribution in [-0.4, -0.2) is 22.2 Å². The molecule has 0 aliphatic carbocycles. The van der Waals surface area contributed by atoms with E-state index in [1.165, 1.54) is 18.2 Å². The number of benzene rings is 2. The van der Waals surface area contributed by atoms with Crippen molar-refractivity contribution in [1.29, 1.82) is 0 Å². The fourth-order valence-corrected chi connectivity index (χ4v) is 1.91. The van der Waals surface area contributed by atoms with Gasteiger partial charge in [-0.3, -0.25) is 0 Å². The van der Waals surface area contributed by atoms with E-state index in [4.69, 9.17) is 10.2 Å². The summed E-state index contributed by atoms with van der Waals surface area (Å²) in [6.45, 7) is 0. The van der Waals surface area contributed by atoms with Crippen LogP contribution in [0.4, 0.5) is 4.39 Å². The lowest BCUT2D eigenvalue weighted by Crippen LogP contribution is -2.07. The average Bonchev–Trinajstić information content (AvgIpc) is 2.41. The Morgan fingerprint density at radius 2 is 1.65 bits per heavy atom. The van der Waals surface area contributed by atoms with Crippen molar-refractivity contribution in [3.05, 3.63) is 70.5 Å². The van der Waals surface area contributed by atoms with Gasteiger partial charge in [-0.15, -0.1) is 0 Å². The number of carbonyl (C=O) groups is 2. The van der Waals surface area contributed by atoms with Gasteiger partial charge in [0.15, 0.2) is 0 Å². The zero-order valence-corrected chi connectivity index (χ0v) is 10.3. The molecule has 20 heavy (non-hydrogen) atoms. The number of halogens is 1. The largest absolute Gasteiger partial charge is 0.478 e. The summed E-state index contributed by atoms with van der Waals surface area (Å²) in [6.07, 6.45) is 0.0915. The van der Waals surface area contributed by atoms with Crippen molar-refractivity contribution in [2.75, 3.05) is 0 Å². The summed E-state index contributed by atoms with van der Waals surface area (Å²) in [5.41, 5.74) is 0.485. The maximum absolute atomic E-state index is 13.6. The van der Waals surface area contributed by atoms with Crippen molar-refractivity contribution in [3.8, 4) is 0 Å².